The van der Waals surface area contributed by atoms with E-state index in [1.54, 1.807) is 7.11 Å². The summed E-state index contributed by atoms with van der Waals surface area (Å²) in [6.07, 6.45) is 1.07. The van der Waals surface area contributed by atoms with Gasteiger partial charge in [0.2, 0.25) is 0 Å². The molecule has 1 aromatic rings. The van der Waals surface area contributed by atoms with E-state index in [4.69, 9.17) is 4.74 Å². The smallest absolute Gasteiger partial charge is 0.0663 e. The molecule has 0 aromatic heterocycles. The summed E-state index contributed by atoms with van der Waals surface area (Å²) in [5, 5.41) is 3.47. The van der Waals surface area contributed by atoms with Crippen molar-refractivity contribution >= 4 is 28.3 Å². The minimum atomic E-state index is 0.399. The summed E-state index contributed by atoms with van der Waals surface area (Å²) in [6.45, 7) is 2.91. The first-order valence-corrected chi connectivity index (χ1v) is 5.85. The molecule has 0 saturated heterocycles. The first-order chi connectivity index (χ1) is 6.77. The highest BCUT2D eigenvalue weighted by Gasteiger charge is 2.06. The topological polar surface area (TPSA) is 21.3 Å². The summed E-state index contributed by atoms with van der Waals surface area (Å²) in [6, 6.07) is 8.69. The van der Waals surface area contributed by atoms with Gasteiger partial charge in [-0.2, -0.15) is 0 Å². The number of hydrogen-bond donors (Lipinski definition) is 1. The second-order valence-electron chi connectivity index (χ2n) is 3.18. The first-order valence-electron chi connectivity index (χ1n) is 4.78. The molecule has 0 amide bonds. The molecule has 14 heavy (non-hydrogen) atoms. The van der Waals surface area contributed by atoms with E-state index >= 15 is 0 Å². The van der Waals surface area contributed by atoms with Gasteiger partial charge < -0.3 is 10.1 Å². The summed E-state index contributed by atoms with van der Waals surface area (Å²) >= 11 is 2.34. The van der Waals surface area contributed by atoms with E-state index in [1.807, 2.05) is 12.1 Å². The third-order valence-electron chi connectivity index (χ3n) is 2.09. The average molecular weight is 305 g/mol. The number of ether oxygens (including phenoxy) is 1. The van der Waals surface area contributed by atoms with Crippen molar-refractivity contribution in [2.75, 3.05) is 19.0 Å². The van der Waals surface area contributed by atoms with Gasteiger partial charge in [0, 0.05) is 22.4 Å². The van der Waals surface area contributed by atoms with Crippen LogP contribution in [0.1, 0.15) is 13.3 Å². The Balaban J connectivity index is 2.62. The van der Waals surface area contributed by atoms with Gasteiger partial charge in [-0.25, -0.2) is 0 Å². The SMILES string of the molecule is CCC(COC)Nc1ccccc1I. The highest BCUT2D eigenvalue weighted by Crippen LogP contribution is 2.18. The third-order valence-corrected chi connectivity index (χ3v) is 3.03. The zero-order valence-corrected chi connectivity index (χ0v) is 10.7. The van der Waals surface area contributed by atoms with Crippen molar-refractivity contribution in [2.45, 2.75) is 19.4 Å². The van der Waals surface area contributed by atoms with Crippen LogP contribution in [0.2, 0.25) is 0 Å². The molecule has 0 aliphatic carbocycles. The summed E-state index contributed by atoms with van der Waals surface area (Å²) in [5.41, 5.74) is 1.19. The summed E-state index contributed by atoms with van der Waals surface area (Å²) in [4.78, 5) is 0. The molecule has 1 N–H and O–H groups in total. The molecule has 3 heteroatoms. The summed E-state index contributed by atoms with van der Waals surface area (Å²) in [7, 11) is 1.74. The molecule has 0 fully saturated rings. The lowest BCUT2D eigenvalue weighted by Gasteiger charge is -2.18. The minimum Gasteiger partial charge on any atom is -0.383 e. The van der Waals surface area contributed by atoms with Crippen molar-refractivity contribution in [3.8, 4) is 0 Å². The van der Waals surface area contributed by atoms with Gasteiger partial charge in [-0.3, -0.25) is 0 Å². The molecule has 0 bridgehead atoms. The van der Waals surface area contributed by atoms with Crippen molar-refractivity contribution in [1.82, 2.24) is 0 Å². The Labute approximate surface area is 99.2 Å². The number of methoxy groups -OCH3 is 1. The van der Waals surface area contributed by atoms with Gasteiger partial charge in [-0.05, 0) is 41.1 Å². The van der Waals surface area contributed by atoms with Crippen LogP contribution in [0.15, 0.2) is 24.3 Å². The van der Waals surface area contributed by atoms with Gasteiger partial charge in [-0.1, -0.05) is 19.1 Å². The predicted molar refractivity (Wildman–Crippen MR) is 68.7 cm³/mol. The lowest BCUT2D eigenvalue weighted by Crippen LogP contribution is -2.24. The van der Waals surface area contributed by atoms with Gasteiger partial charge in [0.1, 0.15) is 0 Å². The largest absolute Gasteiger partial charge is 0.383 e. The van der Waals surface area contributed by atoms with Gasteiger partial charge in [0.25, 0.3) is 0 Å². The maximum atomic E-state index is 5.14. The molecule has 78 valence electrons. The van der Waals surface area contributed by atoms with Crippen molar-refractivity contribution in [1.29, 1.82) is 0 Å². The maximum absolute atomic E-state index is 5.14. The Morgan fingerprint density at radius 2 is 2.14 bits per heavy atom. The van der Waals surface area contributed by atoms with E-state index in [2.05, 4.69) is 47.0 Å². The molecule has 0 saturated carbocycles. The summed E-state index contributed by atoms with van der Waals surface area (Å²) < 4.78 is 6.39. The van der Waals surface area contributed by atoms with Crippen LogP contribution in [0.4, 0.5) is 5.69 Å². The Hall–Kier alpha value is -0.290. The molecule has 1 rings (SSSR count). The van der Waals surface area contributed by atoms with Crippen LogP contribution in [0.3, 0.4) is 0 Å². The average Bonchev–Trinajstić information content (AvgIpc) is 2.20. The van der Waals surface area contributed by atoms with Crippen LogP contribution in [0.25, 0.3) is 0 Å². The number of para-hydroxylation sites is 1. The Morgan fingerprint density at radius 3 is 2.71 bits per heavy atom. The molecule has 0 heterocycles. The highest BCUT2D eigenvalue weighted by molar-refractivity contribution is 14.1. The van der Waals surface area contributed by atoms with Crippen molar-refractivity contribution in [2.24, 2.45) is 0 Å². The molecule has 0 spiro atoms. The van der Waals surface area contributed by atoms with Crippen LogP contribution >= 0.6 is 22.6 Å². The van der Waals surface area contributed by atoms with Gasteiger partial charge in [0.05, 0.1) is 6.61 Å². The third kappa shape index (κ3) is 3.46. The number of benzene rings is 1. The van der Waals surface area contributed by atoms with E-state index in [0.29, 0.717) is 6.04 Å². The molecule has 1 atom stereocenters. The second-order valence-corrected chi connectivity index (χ2v) is 4.35. The standard InChI is InChI=1S/C11H16INO/c1-3-9(8-14-2)13-11-7-5-4-6-10(11)12/h4-7,9,13H,3,8H2,1-2H3. The summed E-state index contributed by atoms with van der Waals surface area (Å²) in [5.74, 6) is 0. The quantitative estimate of drug-likeness (QED) is 0.844. The van der Waals surface area contributed by atoms with Gasteiger partial charge in [-0.15, -0.1) is 0 Å². The number of nitrogens with one attached hydrogen (secondary N) is 1. The maximum Gasteiger partial charge on any atom is 0.0663 e. The fraction of sp³-hybridized carbons (Fsp3) is 0.455. The predicted octanol–water partition coefficient (Wildman–Crippen LogP) is 3.13. The van der Waals surface area contributed by atoms with E-state index in [-0.39, 0.29) is 0 Å². The van der Waals surface area contributed by atoms with Crippen LogP contribution in [0.5, 0.6) is 0 Å². The molecule has 1 aromatic carbocycles. The van der Waals surface area contributed by atoms with E-state index < -0.39 is 0 Å². The van der Waals surface area contributed by atoms with Gasteiger partial charge >= 0.3 is 0 Å². The molecular weight excluding hydrogens is 289 g/mol. The Morgan fingerprint density at radius 1 is 1.43 bits per heavy atom. The zero-order valence-electron chi connectivity index (χ0n) is 8.59. The lowest BCUT2D eigenvalue weighted by atomic mass is 10.2. The van der Waals surface area contributed by atoms with E-state index in [9.17, 15) is 0 Å². The van der Waals surface area contributed by atoms with Crippen LogP contribution in [0, 0.1) is 3.57 Å². The number of anilines is 1. The molecule has 2 nitrogen and oxygen atoms in total. The highest BCUT2D eigenvalue weighted by atomic mass is 127. The molecule has 0 radical (unpaired) electrons. The van der Waals surface area contributed by atoms with Crippen molar-refractivity contribution in [3.63, 3.8) is 0 Å². The van der Waals surface area contributed by atoms with Crippen molar-refractivity contribution in [3.05, 3.63) is 27.8 Å². The molecule has 0 aliphatic rings. The van der Waals surface area contributed by atoms with Crippen LogP contribution < -0.4 is 5.32 Å². The normalized spacial score (nSPS) is 12.5. The monoisotopic (exact) mass is 305 g/mol. The first kappa shape index (κ1) is 11.8. The van der Waals surface area contributed by atoms with Crippen LogP contribution in [-0.4, -0.2) is 19.8 Å². The van der Waals surface area contributed by atoms with Crippen molar-refractivity contribution < 1.29 is 4.74 Å². The second kappa shape index (κ2) is 6.24. The molecule has 1 unspecified atom stereocenters. The Kier molecular flexibility index (Phi) is 5.25. The van der Waals surface area contributed by atoms with E-state index in [1.165, 1.54) is 9.26 Å². The Bertz CT molecular complexity index is 278. The fourth-order valence-electron chi connectivity index (χ4n) is 1.26. The molecular formula is C11H16INO. The lowest BCUT2D eigenvalue weighted by molar-refractivity contribution is 0.184. The fourth-order valence-corrected chi connectivity index (χ4v) is 1.80. The number of halogens is 1. The van der Waals surface area contributed by atoms with Crippen LogP contribution in [-0.2, 0) is 4.74 Å². The molecule has 0 aliphatic heterocycles. The zero-order chi connectivity index (χ0) is 10.4. The van der Waals surface area contributed by atoms with Gasteiger partial charge in [0.15, 0.2) is 0 Å². The minimum absolute atomic E-state index is 0.399. The number of rotatable bonds is 5. The van der Waals surface area contributed by atoms with E-state index in [0.717, 1.165) is 13.0 Å². The number of hydrogen-bond acceptors (Lipinski definition) is 2.